The molecule has 0 saturated heterocycles. The van der Waals surface area contributed by atoms with Crippen molar-refractivity contribution in [1.29, 1.82) is 0 Å². The first-order valence-corrected chi connectivity index (χ1v) is 9.93. The van der Waals surface area contributed by atoms with E-state index in [0.29, 0.717) is 22.5 Å². The number of nitrogens with zero attached hydrogens (tertiary/aromatic N) is 2. The number of benzene rings is 2. The Kier molecular flexibility index (Phi) is 5.28. The van der Waals surface area contributed by atoms with Gasteiger partial charge in [0.2, 0.25) is 0 Å². The van der Waals surface area contributed by atoms with Crippen LogP contribution in [0.15, 0.2) is 71.4 Å². The minimum atomic E-state index is -0.164. The second kappa shape index (κ2) is 8.00. The van der Waals surface area contributed by atoms with E-state index < -0.39 is 0 Å². The van der Waals surface area contributed by atoms with Gasteiger partial charge < -0.3 is 4.42 Å². The number of amides is 1. The van der Waals surface area contributed by atoms with E-state index in [1.54, 1.807) is 29.4 Å². The van der Waals surface area contributed by atoms with Crippen LogP contribution < -0.4 is 4.90 Å². The number of aromatic nitrogens is 1. The van der Waals surface area contributed by atoms with E-state index >= 15 is 0 Å². The monoisotopic (exact) mass is 408 g/mol. The Balaban J connectivity index is 1.70. The number of halogens is 1. The van der Waals surface area contributed by atoms with E-state index in [4.69, 9.17) is 21.0 Å². The van der Waals surface area contributed by atoms with E-state index in [0.717, 1.165) is 21.3 Å². The molecule has 28 heavy (non-hydrogen) atoms. The minimum absolute atomic E-state index is 0.164. The van der Waals surface area contributed by atoms with Crippen LogP contribution in [0.5, 0.6) is 0 Å². The summed E-state index contributed by atoms with van der Waals surface area (Å²) in [6.45, 7) is 2.27. The Morgan fingerprint density at radius 1 is 1.21 bits per heavy atom. The quantitative estimate of drug-likeness (QED) is 0.375. The fourth-order valence-electron chi connectivity index (χ4n) is 2.88. The lowest BCUT2D eigenvalue weighted by molar-refractivity contribution is -0.114. The van der Waals surface area contributed by atoms with E-state index in [1.807, 2.05) is 55.5 Å². The van der Waals surface area contributed by atoms with Gasteiger partial charge in [0, 0.05) is 11.1 Å². The zero-order valence-electron chi connectivity index (χ0n) is 15.1. The molecule has 0 radical (unpaired) electrons. The van der Waals surface area contributed by atoms with Crippen molar-refractivity contribution in [2.24, 2.45) is 0 Å². The molecule has 1 amide bonds. The molecule has 2 aromatic heterocycles. The Morgan fingerprint density at radius 3 is 2.79 bits per heavy atom. The number of furan rings is 1. The Hall–Kier alpha value is -2.89. The second-order valence-electron chi connectivity index (χ2n) is 6.31. The SMILES string of the molecule is Cc1cc(Cl)cc2sc(N(Cc3ccco3)C(=O)/C=C/c3ccccc3)nc12. The molecule has 0 saturated carbocycles. The van der Waals surface area contributed by atoms with Crippen LogP contribution >= 0.6 is 22.9 Å². The highest BCUT2D eigenvalue weighted by atomic mass is 35.5. The molecule has 0 unspecified atom stereocenters. The molecule has 0 spiro atoms. The zero-order chi connectivity index (χ0) is 19.5. The molecule has 2 aromatic carbocycles. The van der Waals surface area contributed by atoms with Gasteiger partial charge in [0.25, 0.3) is 5.91 Å². The van der Waals surface area contributed by atoms with Gasteiger partial charge in [-0.15, -0.1) is 0 Å². The molecular weight excluding hydrogens is 392 g/mol. The first-order chi connectivity index (χ1) is 13.6. The lowest BCUT2D eigenvalue weighted by atomic mass is 10.2. The van der Waals surface area contributed by atoms with Gasteiger partial charge in [0.1, 0.15) is 5.76 Å². The number of carbonyl (C=O) groups excluding carboxylic acids is 1. The summed E-state index contributed by atoms with van der Waals surface area (Å²) in [6, 6.07) is 17.1. The normalized spacial score (nSPS) is 11.4. The molecule has 4 nitrogen and oxygen atoms in total. The maximum absolute atomic E-state index is 13.0. The number of fused-ring (bicyclic) bond motifs is 1. The van der Waals surface area contributed by atoms with Crippen molar-refractivity contribution in [3.05, 3.63) is 88.8 Å². The van der Waals surface area contributed by atoms with Gasteiger partial charge in [0.05, 0.1) is 23.0 Å². The lowest BCUT2D eigenvalue weighted by Gasteiger charge is -2.16. The summed E-state index contributed by atoms with van der Waals surface area (Å²) < 4.78 is 6.40. The molecule has 2 heterocycles. The Morgan fingerprint density at radius 2 is 2.04 bits per heavy atom. The first-order valence-electron chi connectivity index (χ1n) is 8.74. The Bertz CT molecular complexity index is 1130. The standard InChI is InChI=1S/C22H17ClN2O2S/c1-15-12-17(23)13-19-21(15)24-22(28-19)25(14-18-8-5-11-27-18)20(26)10-9-16-6-3-2-4-7-16/h2-13H,14H2,1H3/b10-9+. The highest BCUT2D eigenvalue weighted by Gasteiger charge is 2.20. The fraction of sp³-hybridized carbons (Fsp3) is 0.0909. The maximum Gasteiger partial charge on any atom is 0.253 e. The molecule has 0 aliphatic rings. The summed E-state index contributed by atoms with van der Waals surface area (Å²) in [5, 5.41) is 1.27. The summed E-state index contributed by atoms with van der Waals surface area (Å²) in [5.74, 6) is 0.526. The van der Waals surface area contributed by atoms with Crippen LogP contribution in [-0.2, 0) is 11.3 Å². The highest BCUT2D eigenvalue weighted by Crippen LogP contribution is 2.33. The van der Waals surface area contributed by atoms with Crippen molar-refractivity contribution in [2.45, 2.75) is 13.5 Å². The van der Waals surface area contributed by atoms with Gasteiger partial charge >= 0.3 is 0 Å². The number of carbonyl (C=O) groups is 1. The molecule has 4 rings (SSSR count). The maximum atomic E-state index is 13.0. The Labute approximate surface area is 171 Å². The van der Waals surface area contributed by atoms with Crippen molar-refractivity contribution in [2.75, 3.05) is 4.90 Å². The van der Waals surface area contributed by atoms with Crippen molar-refractivity contribution >= 4 is 50.3 Å². The van der Waals surface area contributed by atoms with Crippen LogP contribution in [0.1, 0.15) is 16.9 Å². The summed E-state index contributed by atoms with van der Waals surface area (Å²) in [4.78, 5) is 19.3. The minimum Gasteiger partial charge on any atom is -0.467 e. The average molecular weight is 409 g/mol. The number of thiazole rings is 1. The molecule has 0 aliphatic heterocycles. The number of anilines is 1. The summed E-state index contributed by atoms with van der Waals surface area (Å²) in [6.07, 6.45) is 4.96. The van der Waals surface area contributed by atoms with Crippen LogP contribution in [-0.4, -0.2) is 10.9 Å². The molecule has 4 aromatic rings. The van der Waals surface area contributed by atoms with Gasteiger partial charge in [0.15, 0.2) is 5.13 Å². The largest absolute Gasteiger partial charge is 0.467 e. The predicted octanol–water partition coefficient (Wildman–Crippen LogP) is 6.10. The van der Waals surface area contributed by atoms with Crippen molar-refractivity contribution in [1.82, 2.24) is 4.98 Å². The van der Waals surface area contributed by atoms with E-state index in [-0.39, 0.29) is 5.91 Å². The van der Waals surface area contributed by atoms with E-state index in [2.05, 4.69) is 0 Å². The highest BCUT2D eigenvalue weighted by molar-refractivity contribution is 7.22. The molecule has 0 aliphatic carbocycles. The summed E-state index contributed by atoms with van der Waals surface area (Å²) in [5.41, 5.74) is 2.80. The number of aryl methyl sites for hydroxylation is 1. The summed E-state index contributed by atoms with van der Waals surface area (Å²) >= 11 is 7.62. The molecular formula is C22H17ClN2O2S. The van der Waals surface area contributed by atoms with Crippen molar-refractivity contribution in [3.63, 3.8) is 0 Å². The number of hydrogen-bond acceptors (Lipinski definition) is 4. The smallest absolute Gasteiger partial charge is 0.253 e. The van der Waals surface area contributed by atoms with Crippen LogP contribution in [0.4, 0.5) is 5.13 Å². The lowest BCUT2D eigenvalue weighted by Crippen LogP contribution is -2.28. The zero-order valence-corrected chi connectivity index (χ0v) is 16.7. The molecule has 0 fully saturated rings. The van der Waals surface area contributed by atoms with Crippen LogP contribution in [0.2, 0.25) is 5.02 Å². The summed E-state index contributed by atoms with van der Waals surface area (Å²) in [7, 11) is 0. The third-order valence-corrected chi connectivity index (χ3v) is 5.49. The topological polar surface area (TPSA) is 46.3 Å². The first kappa shape index (κ1) is 18.5. The van der Waals surface area contributed by atoms with E-state index in [1.165, 1.54) is 11.3 Å². The van der Waals surface area contributed by atoms with Gasteiger partial charge in [-0.05, 0) is 48.4 Å². The van der Waals surface area contributed by atoms with Crippen LogP contribution in [0.3, 0.4) is 0 Å². The molecule has 140 valence electrons. The molecule has 0 N–H and O–H groups in total. The number of hydrogen-bond donors (Lipinski definition) is 0. The average Bonchev–Trinajstić information content (AvgIpc) is 3.34. The molecule has 0 atom stereocenters. The fourth-order valence-corrected chi connectivity index (χ4v) is 4.30. The predicted molar refractivity (Wildman–Crippen MR) is 115 cm³/mol. The van der Waals surface area contributed by atoms with Gasteiger partial charge in [-0.3, -0.25) is 9.69 Å². The molecule has 0 bridgehead atoms. The second-order valence-corrected chi connectivity index (χ2v) is 7.76. The number of rotatable bonds is 5. The third-order valence-electron chi connectivity index (χ3n) is 4.25. The molecule has 6 heteroatoms. The van der Waals surface area contributed by atoms with Gasteiger partial charge in [-0.25, -0.2) is 4.98 Å². The van der Waals surface area contributed by atoms with E-state index in [9.17, 15) is 4.79 Å². The van der Waals surface area contributed by atoms with Crippen molar-refractivity contribution in [3.8, 4) is 0 Å². The van der Waals surface area contributed by atoms with Crippen LogP contribution in [0.25, 0.3) is 16.3 Å². The van der Waals surface area contributed by atoms with Crippen molar-refractivity contribution < 1.29 is 9.21 Å². The van der Waals surface area contributed by atoms with Gasteiger partial charge in [-0.1, -0.05) is 53.3 Å². The third kappa shape index (κ3) is 4.01. The van der Waals surface area contributed by atoms with Gasteiger partial charge in [-0.2, -0.15) is 0 Å². The van der Waals surface area contributed by atoms with Crippen LogP contribution in [0, 0.1) is 6.92 Å².